The van der Waals surface area contributed by atoms with Crippen molar-refractivity contribution in [2.45, 2.75) is 38.1 Å². The molecule has 0 aromatic carbocycles. The van der Waals surface area contributed by atoms with E-state index in [1.165, 1.54) is 0 Å². The van der Waals surface area contributed by atoms with E-state index in [4.69, 9.17) is 5.73 Å². The second-order valence-electron chi connectivity index (χ2n) is 4.64. The van der Waals surface area contributed by atoms with Crippen molar-refractivity contribution in [2.24, 2.45) is 11.7 Å². The van der Waals surface area contributed by atoms with Crippen molar-refractivity contribution < 1.29 is 4.79 Å². The Morgan fingerprint density at radius 3 is 2.53 bits per heavy atom. The fourth-order valence-corrected chi connectivity index (χ4v) is 2.40. The molecule has 3 heteroatoms. The highest BCUT2D eigenvalue weighted by atomic mass is 16.2. The maximum Gasteiger partial charge on any atom is 0.226 e. The van der Waals surface area contributed by atoms with Crippen molar-refractivity contribution in [1.82, 2.24) is 4.90 Å². The Kier molecular flexibility index (Phi) is 3.41. The summed E-state index contributed by atoms with van der Waals surface area (Å²) in [7, 11) is 0. The Labute approximate surface area is 91.3 Å². The van der Waals surface area contributed by atoms with Crippen LogP contribution in [0.4, 0.5) is 0 Å². The first-order chi connectivity index (χ1) is 7.27. The van der Waals surface area contributed by atoms with E-state index in [9.17, 15) is 4.79 Å². The van der Waals surface area contributed by atoms with E-state index < -0.39 is 0 Å². The summed E-state index contributed by atoms with van der Waals surface area (Å²) in [6, 6.07) is 0.306. The molecule has 2 aliphatic rings. The summed E-state index contributed by atoms with van der Waals surface area (Å²) in [4.78, 5) is 14.1. The van der Waals surface area contributed by atoms with Crippen LogP contribution in [-0.2, 0) is 4.79 Å². The lowest BCUT2D eigenvalue weighted by Crippen LogP contribution is -2.45. The average Bonchev–Trinajstić information content (AvgIpc) is 2.30. The molecule has 1 aliphatic heterocycles. The summed E-state index contributed by atoms with van der Waals surface area (Å²) in [6.07, 6.45) is 9.27. The molecule has 0 radical (unpaired) electrons. The standard InChI is InChI=1S/C12H20N2O/c13-11-6-8-14(9-7-11)12(15)10-4-2-1-3-5-10/h1-2,10-11H,3-9,13H2/t10-/m1/s1. The average molecular weight is 208 g/mol. The Morgan fingerprint density at radius 2 is 1.93 bits per heavy atom. The van der Waals surface area contributed by atoms with Gasteiger partial charge in [0.25, 0.3) is 0 Å². The van der Waals surface area contributed by atoms with Gasteiger partial charge in [-0.05, 0) is 32.1 Å². The number of likely N-dealkylation sites (tertiary alicyclic amines) is 1. The molecule has 0 spiro atoms. The van der Waals surface area contributed by atoms with E-state index in [-0.39, 0.29) is 5.92 Å². The Bertz CT molecular complexity index is 254. The second-order valence-corrected chi connectivity index (χ2v) is 4.64. The largest absolute Gasteiger partial charge is 0.342 e. The molecule has 0 saturated carbocycles. The highest BCUT2D eigenvalue weighted by molar-refractivity contribution is 5.79. The first-order valence-electron chi connectivity index (χ1n) is 5.97. The van der Waals surface area contributed by atoms with E-state index >= 15 is 0 Å². The van der Waals surface area contributed by atoms with Crippen LogP contribution >= 0.6 is 0 Å². The van der Waals surface area contributed by atoms with Gasteiger partial charge in [0.1, 0.15) is 0 Å². The molecule has 3 nitrogen and oxygen atoms in total. The van der Waals surface area contributed by atoms with Crippen molar-refractivity contribution in [3.8, 4) is 0 Å². The fraction of sp³-hybridized carbons (Fsp3) is 0.750. The quantitative estimate of drug-likeness (QED) is 0.660. The van der Waals surface area contributed by atoms with Crippen LogP contribution in [0, 0.1) is 5.92 Å². The van der Waals surface area contributed by atoms with E-state index in [1.807, 2.05) is 4.90 Å². The molecule has 1 saturated heterocycles. The Balaban J connectivity index is 1.87. The zero-order valence-corrected chi connectivity index (χ0v) is 9.19. The van der Waals surface area contributed by atoms with Crippen LogP contribution in [0.2, 0.25) is 0 Å². The van der Waals surface area contributed by atoms with Crippen LogP contribution < -0.4 is 5.73 Å². The minimum absolute atomic E-state index is 0.240. The molecule has 0 bridgehead atoms. The number of hydrogen-bond donors (Lipinski definition) is 1. The molecule has 84 valence electrons. The number of carbonyl (C=O) groups excluding carboxylic acids is 1. The molecule has 0 unspecified atom stereocenters. The van der Waals surface area contributed by atoms with E-state index in [0.717, 1.165) is 45.2 Å². The van der Waals surface area contributed by atoms with Crippen LogP contribution in [0.1, 0.15) is 32.1 Å². The Hall–Kier alpha value is -0.830. The highest BCUT2D eigenvalue weighted by Crippen LogP contribution is 2.22. The first-order valence-corrected chi connectivity index (χ1v) is 5.97. The number of amides is 1. The summed E-state index contributed by atoms with van der Waals surface area (Å²) in [5, 5.41) is 0. The monoisotopic (exact) mass is 208 g/mol. The third-order valence-corrected chi connectivity index (χ3v) is 3.47. The minimum atomic E-state index is 0.240. The third-order valence-electron chi connectivity index (χ3n) is 3.47. The first kappa shape index (κ1) is 10.7. The highest BCUT2D eigenvalue weighted by Gasteiger charge is 2.26. The predicted octanol–water partition coefficient (Wildman–Crippen LogP) is 1.29. The lowest BCUT2D eigenvalue weighted by molar-refractivity contribution is -0.136. The van der Waals surface area contributed by atoms with Crippen molar-refractivity contribution in [3.63, 3.8) is 0 Å². The summed E-state index contributed by atoms with van der Waals surface area (Å²) in [6.45, 7) is 1.72. The normalized spacial score (nSPS) is 28.1. The summed E-state index contributed by atoms with van der Waals surface area (Å²) in [5.74, 6) is 0.593. The van der Waals surface area contributed by atoms with Crippen molar-refractivity contribution in [3.05, 3.63) is 12.2 Å². The van der Waals surface area contributed by atoms with Crippen LogP contribution in [-0.4, -0.2) is 29.9 Å². The molecular weight excluding hydrogens is 188 g/mol. The molecule has 1 aliphatic carbocycles. The van der Waals surface area contributed by atoms with Gasteiger partial charge in [-0.15, -0.1) is 0 Å². The summed E-state index contributed by atoms with van der Waals surface area (Å²) < 4.78 is 0. The molecule has 0 aromatic heterocycles. The lowest BCUT2D eigenvalue weighted by atomic mass is 9.92. The van der Waals surface area contributed by atoms with Crippen molar-refractivity contribution in [1.29, 1.82) is 0 Å². The van der Waals surface area contributed by atoms with Gasteiger partial charge in [0, 0.05) is 25.0 Å². The number of rotatable bonds is 1. The number of carbonyl (C=O) groups is 1. The van der Waals surface area contributed by atoms with E-state index in [1.54, 1.807) is 0 Å². The number of piperidine rings is 1. The van der Waals surface area contributed by atoms with Crippen LogP contribution in [0.25, 0.3) is 0 Å². The molecule has 15 heavy (non-hydrogen) atoms. The number of hydrogen-bond acceptors (Lipinski definition) is 2. The fourth-order valence-electron chi connectivity index (χ4n) is 2.40. The zero-order chi connectivity index (χ0) is 10.7. The van der Waals surface area contributed by atoms with Gasteiger partial charge in [0.15, 0.2) is 0 Å². The van der Waals surface area contributed by atoms with Gasteiger partial charge in [0.2, 0.25) is 5.91 Å². The van der Waals surface area contributed by atoms with Gasteiger partial charge in [-0.3, -0.25) is 4.79 Å². The summed E-state index contributed by atoms with van der Waals surface area (Å²) >= 11 is 0. The van der Waals surface area contributed by atoms with Crippen LogP contribution in [0.5, 0.6) is 0 Å². The number of nitrogens with zero attached hydrogens (tertiary/aromatic N) is 1. The van der Waals surface area contributed by atoms with Crippen LogP contribution in [0.15, 0.2) is 12.2 Å². The number of nitrogens with two attached hydrogens (primary N) is 1. The van der Waals surface area contributed by atoms with Gasteiger partial charge in [0.05, 0.1) is 0 Å². The van der Waals surface area contributed by atoms with Gasteiger partial charge in [-0.25, -0.2) is 0 Å². The molecule has 2 rings (SSSR count). The van der Waals surface area contributed by atoms with E-state index in [0.29, 0.717) is 11.9 Å². The van der Waals surface area contributed by atoms with Crippen molar-refractivity contribution in [2.75, 3.05) is 13.1 Å². The minimum Gasteiger partial charge on any atom is -0.342 e. The third kappa shape index (κ3) is 2.59. The summed E-state index contributed by atoms with van der Waals surface area (Å²) in [5.41, 5.74) is 5.83. The van der Waals surface area contributed by atoms with Gasteiger partial charge < -0.3 is 10.6 Å². The molecular formula is C12H20N2O. The zero-order valence-electron chi connectivity index (χ0n) is 9.19. The van der Waals surface area contributed by atoms with Gasteiger partial charge in [-0.1, -0.05) is 12.2 Å². The maximum atomic E-state index is 12.1. The molecule has 2 N–H and O–H groups in total. The molecule has 1 fully saturated rings. The topological polar surface area (TPSA) is 46.3 Å². The van der Waals surface area contributed by atoms with Crippen LogP contribution in [0.3, 0.4) is 0 Å². The number of allylic oxidation sites excluding steroid dienone is 2. The van der Waals surface area contributed by atoms with Gasteiger partial charge in [-0.2, -0.15) is 0 Å². The van der Waals surface area contributed by atoms with Gasteiger partial charge >= 0.3 is 0 Å². The molecule has 1 amide bonds. The molecule has 1 atom stereocenters. The Morgan fingerprint density at radius 1 is 1.20 bits per heavy atom. The lowest BCUT2D eigenvalue weighted by Gasteiger charge is -2.33. The maximum absolute atomic E-state index is 12.1. The second kappa shape index (κ2) is 4.79. The van der Waals surface area contributed by atoms with E-state index in [2.05, 4.69) is 12.2 Å². The SMILES string of the molecule is NC1CCN(C(=O)[C@@H]2CC=CCC2)CC1. The molecule has 0 aromatic rings. The molecule has 1 heterocycles. The van der Waals surface area contributed by atoms with Crippen molar-refractivity contribution >= 4 is 5.91 Å². The predicted molar refractivity (Wildman–Crippen MR) is 60.3 cm³/mol. The smallest absolute Gasteiger partial charge is 0.226 e.